The van der Waals surface area contributed by atoms with Crippen molar-refractivity contribution >= 4 is 29.3 Å². The number of carbonyl (C=O) groups excluding carboxylic acids is 2. The van der Waals surface area contributed by atoms with Crippen LogP contribution in [0.2, 0.25) is 0 Å². The number of hydrogen-bond donors (Lipinski definition) is 1. The molecule has 0 atom stereocenters. The van der Waals surface area contributed by atoms with Crippen LogP contribution in [0.4, 0.5) is 5.69 Å². The molecule has 0 aliphatic heterocycles. The van der Waals surface area contributed by atoms with E-state index in [9.17, 15) is 19.7 Å². The number of nitrogens with two attached hydrogens (primary N) is 1. The number of primary amides is 1. The van der Waals surface area contributed by atoms with Gasteiger partial charge in [0.25, 0.3) is 5.69 Å². The predicted molar refractivity (Wildman–Crippen MR) is 110 cm³/mol. The Bertz CT molecular complexity index is 996. The van der Waals surface area contributed by atoms with Gasteiger partial charge < -0.3 is 5.73 Å². The van der Waals surface area contributed by atoms with Crippen LogP contribution in [0.15, 0.2) is 52.5 Å². The molecule has 0 saturated heterocycles. The second-order valence-electron chi connectivity index (χ2n) is 6.84. The molecule has 0 unspecified atom stereocenters. The highest BCUT2D eigenvalue weighted by atomic mass is 32.2. The van der Waals surface area contributed by atoms with Gasteiger partial charge in [-0.25, -0.2) is 0 Å². The Labute approximate surface area is 172 Å². The first kappa shape index (κ1) is 20.8. The summed E-state index contributed by atoms with van der Waals surface area (Å²) in [7, 11) is 0. The number of carbonyl (C=O) groups is 2. The van der Waals surface area contributed by atoms with Crippen molar-refractivity contribution in [1.29, 1.82) is 0 Å². The van der Waals surface area contributed by atoms with E-state index in [0.717, 1.165) is 43.5 Å². The van der Waals surface area contributed by atoms with Crippen molar-refractivity contribution in [3.05, 3.63) is 63.8 Å². The zero-order valence-electron chi connectivity index (χ0n) is 15.8. The summed E-state index contributed by atoms with van der Waals surface area (Å²) in [5.41, 5.74) is 5.60. The summed E-state index contributed by atoms with van der Waals surface area (Å²) in [5, 5.41) is 11.3. The van der Waals surface area contributed by atoms with Crippen LogP contribution in [0.5, 0.6) is 0 Å². The molecule has 1 fully saturated rings. The Hall–Kier alpha value is -2.94. The second kappa shape index (κ2) is 9.51. The average molecular weight is 414 g/mol. The molecule has 9 heteroatoms. The van der Waals surface area contributed by atoms with Crippen molar-refractivity contribution in [3.63, 3.8) is 0 Å². The molecule has 1 heterocycles. The van der Waals surface area contributed by atoms with Gasteiger partial charge in [0, 0.05) is 17.8 Å². The molecule has 1 aromatic heterocycles. The minimum absolute atomic E-state index is 0.00136. The summed E-state index contributed by atoms with van der Waals surface area (Å²) in [4.78, 5) is 39.8. The van der Waals surface area contributed by atoms with Crippen LogP contribution in [0.3, 0.4) is 0 Å². The number of aromatic nitrogens is 1. The summed E-state index contributed by atoms with van der Waals surface area (Å²) < 4.78 is 1.49. The normalized spacial score (nSPS) is 15.2. The molecule has 2 N–H and O–H groups in total. The smallest absolute Gasteiger partial charge is 0.283 e. The highest BCUT2D eigenvalue weighted by Gasteiger charge is 2.19. The molecule has 0 spiro atoms. The van der Waals surface area contributed by atoms with Gasteiger partial charge in [0.2, 0.25) is 11.8 Å². The topological polar surface area (TPSA) is 121 Å². The van der Waals surface area contributed by atoms with Gasteiger partial charge in [-0.2, -0.15) is 0 Å². The van der Waals surface area contributed by atoms with Crippen LogP contribution in [0, 0.1) is 10.1 Å². The number of rotatable bonds is 6. The van der Waals surface area contributed by atoms with E-state index < -0.39 is 10.8 Å². The molecule has 1 aromatic carbocycles. The quantitative estimate of drug-likeness (QED) is 0.442. The van der Waals surface area contributed by atoms with Crippen molar-refractivity contribution in [2.24, 2.45) is 10.7 Å². The molecule has 1 saturated carbocycles. The Kier molecular flexibility index (Phi) is 6.82. The molecule has 1 aliphatic rings. The summed E-state index contributed by atoms with van der Waals surface area (Å²) in [6, 6.07) is 9.62. The first-order valence-corrected chi connectivity index (χ1v) is 10.4. The molecule has 0 bridgehead atoms. The van der Waals surface area contributed by atoms with Gasteiger partial charge >= 0.3 is 0 Å². The van der Waals surface area contributed by atoms with E-state index in [0.29, 0.717) is 10.4 Å². The number of nitro benzene ring substituents is 1. The van der Waals surface area contributed by atoms with E-state index in [1.807, 2.05) is 6.07 Å². The van der Waals surface area contributed by atoms with Gasteiger partial charge in [0.05, 0.1) is 21.6 Å². The minimum Gasteiger partial charge on any atom is -0.366 e. The highest BCUT2D eigenvalue weighted by Crippen LogP contribution is 2.30. The van der Waals surface area contributed by atoms with Crippen molar-refractivity contribution in [2.75, 3.05) is 5.75 Å². The van der Waals surface area contributed by atoms with Crippen LogP contribution in [0.1, 0.15) is 47.3 Å². The maximum atomic E-state index is 12.8. The number of nitrogens with zero attached hydrogens (tertiary/aromatic N) is 3. The van der Waals surface area contributed by atoms with Crippen LogP contribution >= 0.6 is 11.8 Å². The molecular formula is C20H22N4O4S. The first-order valence-electron chi connectivity index (χ1n) is 9.41. The van der Waals surface area contributed by atoms with Crippen LogP contribution < -0.4 is 11.2 Å². The number of benzene rings is 1. The van der Waals surface area contributed by atoms with E-state index in [4.69, 9.17) is 10.7 Å². The minimum atomic E-state index is -0.741. The SMILES string of the molecule is NC(=O)c1ccc(SCC(=O)n2ccccc2=NC2CCCCC2)c([N+](=O)[O-])c1. The number of nitro groups is 1. The van der Waals surface area contributed by atoms with Gasteiger partial charge in [-0.05, 0) is 37.1 Å². The fourth-order valence-corrected chi connectivity index (χ4v) is 4.16. The van der Waals surface area contributed by atoms with E-state index in [1.165, 1.54) is 23.1 Å². The summed E-state index contributed by atoms with van der Waals surface area (Å²) in [6.45, 7) is 0. The standard InChI is InChI=1S/C20H22N4O4S/c21-20(26)14-9-10-17(16(12-14)24(27)28)29-13-19(25)23-11-5-4-8-18(23)22-15-6-2-1-3-7-15/h4-5,8-12,15H,1-3,6-7,13H2,(H2,21,26). The van der Waals surface area contributed by atoms with Gasteiger partial charge in [0.1, 0.15) is 5.49 Å². The largest absolute Gasteiger partial charge is 0.366 e. The molecule has 3 rings (SSSR count). The van der Waals surface area contributed by atoms with Crippen molar-refractivity contribution < 1.29 is 14.5 Å². The molecule has 29 heavy (non-hydrogen) atoms. The fraction of sp³-hybridized carbons (Fsp3) is 0.350. The second-order valence-corrected chi connectivity index (χ2v) is 7.85. The van der Waals surface area contributed by atoms with Crippen LogP contribution in [-0.4, -0.2) is 33.1 Å². The number of pyridine rings is 1. The van der Waals surface area contributed by atoms with E-state index >= 15 is 0 Å². The lowest BCUT2D eigenvalue weighted by Crippen LogP contribution is -2.29. The van der Waals surface area contributed by atoms with E-state index in [1.54, 1.807) is 18.3 Å². The lowest BCUT2D eigenvalue weighted by Gasteiger charge is -2.17. The van der Waals surface area contributed by atoms with Crippen LogP contribution in [-0.2, 0) is 0 Å². The predicted octanol–water partition coefficient (Wildman–Crippen LogP) is 3.16. The lowest BCUT2D eigenvalue weighted by molar-refractivity contribution is -0.387. The zero-order valence-corrected chi connectivity index (χ0v) is 16.6. The number of amides is 1. The Balaban J connectivity index is 1.79. The fourth-order valence-electron chi connectivity index (χ4n) is 3.29. The molecule has 1 amide bonds. The van der Waals surface area contributed by atoms with Crippen molar-refractivity contribution in [1.82, 2.24) is 4.57 Å². The van der Waals surface area contributed by atoms with Crippen molar-refractivity contribution in [3.8, 4) is 0 Å². The first-order chi connectivity index (χ1) is 14.0. The van der Waals surface area contributed by atoms with Gasteiger partial charge in [-0.3, -0.25) is 29.3 Å². The third kappa shape index (κ3) is 5.32. The lowest BCUT2D eigenvalue weighted by atomic mass is 9.96. The summed E-state index contributed by atoms with van der Waals surface area (Å²) >= 11 is 1.05. The Morgan fingerprint density at radius 3 is 2.66 bits per heavy atom. The Morgan fingerprint density at radius 2 is 1.97 bits per heavy atom. The molecule has 2 aromatic rings. The summed E-state index contributed by atoms with van der Waals surface area (Å²) in [6.07, 6.45) is 7.23. The molecular weight excluding hydrogens is 392 g/mol. The van der Waals surface area contributed by atoms with Gasteiger partial charge in [-0.15, -0.1) is 11.8 Å². The van der Waals surface area contributed by atoms with Gasteiger partial charge in [-0.1, -0.05) is 25.3 Å². The average Bonchev–Trinajstić information content (AvgIpc) is 2.73. The maximum absolute atomic E-state index is 12.8. The Morgan fingerprint density at radius 1 is 1.21 bits per heavy atom. The van der Waals surface area contributed by atoms with E-state index in [-0.39, 0.29) is 29.0 Å². The monoisotopic (exact) mass is 414 g/mol. The molecule has 152 valence electrons. The molecule has 1 aliphatic carbocycles. The molecule has 0 radical (unpaired) electrons. The summed E-state index contributed by atoms with van der Waals surface area (Å²) in [5.74, 6) is -0.966. The number of thioether (sulfide) groups is 1. The molecule has 8 nitrogen and oxygen atoms in total. The maximum Gasteiger partial charge on any atom is 0.283 e. The zero-order chi connectivity index (χ0) is 20.8. The van der Waals surface area contributed by atoms with Gasteiger partial charge in [0.15, 0.2) is 0 Å². The van der Waals surface area contributed by atoms with Crippen molar-refractivity contribution in [2.45, 2.75) is 43.0 Å². The third-order valence-electron chi connectivity index (χ3n) is 4.79. The van der Waals surface area contributed by atoms with Crippen LogP contribution in [0.25, 0.3) is 0 Å². The number of hydrogen-bond acceptors (Lipinski definition) is 6. The third-order valence-corrected chi connectivity index (χ3v) is 5.84. The van der Waals surface area contributed by atoms with E-state index in [2.05, 4.69) is 0 Å². The highest BCUT2D eigenvalue weighted by molar-refractivity contribution is 8.00.